The Morgan fingerprint density at radius 3 is 2.50 bits per heavy atom. The van der Waals surface area contributed by atoms with Crippen molar-refractivity contribution in [3.8, 4) is 11.8 Å². The van der Waals surface area contributed by atoms with Gasteiger partial charge < -0.3 is 10.0 Å². The highest BCUT2D eigenvalue weighted by molar-refractivity contribution is 6.01. The van der Waals surface area contributed by atoms with E-state index in [1.165, 1.54) is 30.0 Å². The van der Waals surface area contributed by atoms with Crippen LogP contribution in [0.5, 0.6) is 5.75 Å². The molecule has 0 atom stereocenters. The summed E-state index contributed by atoms with van der Waals surface area (Å²) in [5, 5.41) is 29.8. The van der Waals surface area contributed by atoms with Crippen LogP contribution in [0.2, 0.25) is 0 Å². The van der Waals surface area contributed by atoms with Gasteiger partial charge in [-0.1, -0.05) is 0 Å². The number of nitriles is 1. The molecule has 7 heteroatoms. The number of carbonyl (C=O) groups is 1. The molecule has 0 unspecified atom stereocenters. The van der Waals surface area contributed by atoms with E-state index in [1.54, 1.807) is 19.9 Å². The monoisotopic (exact) mass is 303 g/mol. The van der Waals surface area contributed by atoms with E-state index in [2.05, 4.69) is 0 Å². The summed E-state index contributed by atoms with van der Waals surface area (Å²) >= 11 is 0. The molecular formula is C15H17N3O4. The second-order valence-electron chi connectivity index (χ2n) is 4.59. The van der Waals surface area contributed by atoms with Gasteiger partial charge >= 0.3 is 0 Å². The Morgan fingerprint density at radius 1 is 1.45 bits per heavy atom. The van der Waals surface area contributed by atoms with E-state index in [1.807, 2.05) is 0 Å². The van der Waals surface area contributed by atoms with Gasteiger partial charge in [-0.05, 0) is 38.5 Å². The molecular weight excluding hydrogens is 286 g/mol. The summed E-state index contributed by atoms with van der Waals surface area (Å²) in [6, 6.07) is 4.31. The largest absolute Gasteiger partial charge is 0.507 e. The van der Waals surface area contributed by atoms with Crippen molar-refractivity contribution in [2.45, 2.75) is 20.8 Å². The van der Waals surface area contributed by atoms with Gasteiger partial charge in [0.1, 0.15) is 17.4 Å². The van der Waals surface area contributed by atoms with Gasteiger partial charge in [-0.3, -0.25) is 14.9 Å². The van der Waals surface area contributed by atoms with E-state index in [-0.39, 0.29) is 28.1 Å². The lowest BCUT2D eigenvalue weighted by Crippen LogP contribution is -2.31. The lowest BCUT2D eigenvalue weighted by molar-refractivity contribution is -0.385. The molecule has 0 saturated carbocycles. The van der Waals surface area contributed by atoms with Crippen LogP contribution in [-0.4, -0.2) is 33.9 Å². The molecule has 7 nitrogen and oxygen atoms in total. The SMILES string of the molecule is CCN(CC)C(=O)/C(C#N)=C/c1cc(O)c(C)c([N+](=O)[O-])c1. The topological polar surface area (TPSA) is 107 Å². The molecule has 1 N–H and O–H groups in total. The molecule has 0 heterocycles. The Bertz CT molecular complexity index is 670. The molecule has 0 saturated heterocycles. The van der Waals surface area contributed by atoms with Crippen LogP contribution in [0.15, 0.2) is 17.7 Å². The molecule has 0 spiro atoms. The summed E-state index contributed by atoms with van der Waals surface area (Å²) < 4.78 is 0. The second kappa shape index (κ2) is 7.22. The zero-order valence-electron chi connectivity index (χ0n) is 12.7. The first-order chi connectivity index (χ1) is 10.3. The number of nitro groups is 1. The van der Waals surface area contributed by atoms with Gasteiger partial charge in [0, 0.05) is 19.2 Å². The van der Waals surface area contributed by atoms with Crippen molar-refractivity contribution in [3.05, 3.63) is 38.9 Å². The van der Waals surface area contributed by atoms with E-state index < -0.39 is 10.8 Å². The number of hydrogen-bond acceptors (Lipinski definition) is 5. The highest BCUT2D eigenvalue weighted by Crippen LogP contribution is 2.29. The van der Waals surface area contributed by atoms with Gasteiger partial charge in [0.05, 0.1) is 10.5 Å². The molecule has 0 aliphatic rings. The highest BCUT2D eigenvalue weighted by Gasteiger charge is 2.18. The second-order valence-corrected chi connectivity index (χ2v) is 4.59. The fourth-order valence-electron chi connectivity index (χ4n) is 1.97. The number of phenols is 1. The van der Waals surface area contributed by atoms with E-state index in [0.29, 0.717) is 13.1 Å². The molecule has 0 radical (unpaired) electrons. The lowest BCUT2D eigenvalue weighted by Gasteiger charge is -2.17. The maximum Gasteiger partial charge on any atom is 0.276 e. The number of rotatable bonds is 5. The van der Waals surface area contributed by atoms with Crippen LogP contribution < -0.4 is 0 Å². The number of hydrogen-bond donors (Lipinski definition) is 1. The van der Waals surface area contributed by atoms with Crippen molar-refractivity contribution < 1.29 is 14.8 Å². The minimum Gasteiger partial charge on any atom is -0.507 e. The zero-order chi connectivity index (χ0) is 16.9. The van der Waals surface area contributed by atoms with Gasteiger partial charge in [0.2, 0.25) is 0 Å². The third-order valence-electron chi connectivity index (χ3n) is 3.28. The normalized spacial score (nSPS) is 10.9. The van der Waals surface area contributed by atoms with Crippen LogP contribution in [0.3, 0.4) is 0 Å². The maximum absolute atomic E-state index is 12.2. The van der Waals surface area contributed by atoms with E-state index in [0.717, 1.165) is 0 Å². The van der Waals surface area contributed by atoms with Crippen LogP contribution in [0, 0.1) is 28.4 Å². The van der Waals surface area contributed by atoms with Crippen molar-refractivity contribution >= 4 is 17.7 Å². The van der Waals surface area contributed by atoms with Crippen molar-refractivity contribution in [3.63, 3.8) is 0 Å². The molecule has 0 aromatic heterocycles. The summed E-state index contributed by atoms with van der Waals surface area (Å²) in [6.07, 6.45) is 1.24. The van der Waals surface area contributed by atoms with Crippen LogP contribution in [0.1, 0.15) is 25.0 Å². The van der Waals surface area contributed by atoms with Crippen LogP contribution >= 0.6 is 0 Å². The van der Waals surface area contributed by atoms with Crippen molar-refractivity contribution in [1.82, 2.24) is 4.90 Å². The number of nitro benzene ring substituents is 1. The molecule has 116 valence electrons. The molecule has 0 bridgehead atoms. The highest BCUT2D eigenvalue weighted by atomic mass is 16.6. The Hall–Kier alpha value is -2.88. The van der Waals surface area contributed by atoms with E-state index in [4.69, 9.17) is 5.26 Å². The van der Waals surface area contributed by atoms with Gasteiger partial charge in [-0.25, -0.2) is 0 Å². The van der Waals surface area contributed by atoms with Crippen LogP contribution in [0.25, 0.3) is 6.08 Å². The molecule has 1 aromatic carbocycles. The van der Waals surface area contributed by atoms with Crippen molar-refractivity contribution in [1.29, 1.82) is 5.26 Å². The van der Waals surface area contributed by atoms with E-state index >= 15 is 0 Å². The van der Waals surface area contributed by atoms with Crippen molar-refractivity contribution in [2.75, 3.05) is 13.1 Å². The molecule has 22 heavy (non-hydrogen) atoms. The standard InChI is InChI=1S/C15H17N3O4/c1-4-17(5-2)15(20)12(9-16)6-11-7-13(18(21)22)10(3)14(19)8-11/h6-8,19H,4-5H2,1-3H3/b12-6+. The molecule has 0 aliphatic carbocycles. The molecule has 1 amide bonds. The summed E-state index contributed by atoms with van der Waals surface area (Å²) in [5.41, 5.74) is -0.0392. The number of aromatic hydroxyl groups is 1. The van der Waals surface area contributed by atoms with Gasteiger partial charge in [0.15, 0.2) is 0 Å². The Labute approximate surface area is 128 Å². The van der Waals surface area contributed by atoms with Gasteiger partial charge in [-0.15, -0.1) is 0 Å². The predicted octanol–water partition coefficient (Wildman–Crippen LogP) is 2.38. The first kappa shape index (κ1) is 17.2. The quantitative estimate of drug-likeness (QED) is 0.389. The Balaban J connectivity index is 3.33. The number of carbonyl (C=O) groups excluding carboxylic acids is 1. The number of phenolic OH excluding ortho intramolecular Hbond substituents is 1. The third kappa shape index (κ3) is 3.61. The average molecular weight is 303 g/mol. The summed E-state index contributed by atoms with van der Waals surface area (Å²) in [5.74, 6) is -0.705. The lowest BCUT2D eigenvalue weighted by atomic mass is 10.1. The van der Waals surface area contributed by atoms with Gasteiger partial charge in [0.25, 0.3) is 11.6 Å². The first-order valence-corrected chi connectivity index (χ1v) is 6.74. The minimum atomic E-state index is -0.620. The van der Waals surface area contributed by atoms with Crippen molar-refractivity contribution in [2.24, 2.45) is 0 Å². The fourth-order valence-corrected chi connectivity index (χ4v) is 1.97. The number of nitrogens with zero attached hydrogens (tertiary/aromatic N) is 3. The average Bonchev–Trinajstić information content (AvgIpc) is 2.48. The molecule has 1 rings (SSSR count). The Kier molecular flexibility index (Phi) is 5.64. The predicted molar refractivity (Wildman–Crippen MR) is 81.0 cm³/mol. The summed E-state index contributed by atoms with van der Waals surface area (Å²) in [4.78, 5) is 23.9. The maximum atomic E-state index is 12.2. The van der Waals surface area contributed by atoms with Crippen LogP contribution in [-0.2, 0) is 4.79 Å². The molecule has 0 aliphatic heterocycles. The number of likely N-dealkylation sites (N-methyl/N-ethyl adjacent to an activating group) is 1. The molecule has 1 aromatic rings. The summed E-state index contributed by atoms with van der Waals surface area (Å²) in [6.45, 7) is 5.91. The number of amides is 1. The summed E-state index contributed by atoms with van der Waals surface area (Å²) in [7, 11) is 0. The first-order valence-electron chi connectivity index (χ1n) is 6.74. The molecule has 0 fully saturated rings. The minimum absolute atomic E-state index is 0.135. The number of benzene rings is 1. The Morgan fingerprint density at radius 2 is 2.05 bits per heavy atom. The van der Waals surface area contributed by atoms with Gasteiger partial charge in [-0.2, -0.15) is 5.26 Å². The van der Waals surface area contributed by atoms with Crippen LogP contribution in [0.4, 0.5) is 5.69 Å². The fraction of sp³-hybridized carbons (Fsp3) is 0.333. The zero-order valence-corrected chi connectivity index (χ0v) is 12.7. The third-order valence-corrected chi connectivity index (χ3v) is 3.28. The smallest absolute Gasteiger partial charge is 0.276 e. The van der Waals surface area contributed by atoms with E-state index in [9.17, 15) is 20.0 Å².